The Labute approximate surface area is 123 Å². The lowest BCUT2D eigenvalue weighted by Crippen LogP contribution is -2.37. The van der Waals surface area contributed by atoms with E-state index in [1.54, 1.807) is 13.3 Å². The first-order valence-electron chi connectivity index (χ1n) is 7.06. The summed E-state index contributed by atoms with van der Waals surface area (Å²) in [6.07, 6.45) is 3.56. The second-order valence-electron chi connectivity index (χ2n) is 5.14. The third-order valence-corrected chi connectivity index (χ3v) is 3.55. The van der Waals surface area contributed by atoms with Gasteiger partial charge in [-0.05, 0) is 25.0 Å². The fourth-order valence-corrected chi connectivity index (χ4v) is 2.35. The lowest BCUT2D eigenvalue weighted by Gasteiger charge is -2.26. The molecule has 1 fully saturated rings. The highest BCUT2D eigenvalue weighted by atomic mass is 16.5. The Hall–Kier alpha value is -1.92. The van der Waals surface area contributed by atoms with E-state index in [2.05, 4.69) is 9.97 Å². The first-order chi connectivity index (χ1) is 10.3. The Kier molecular flexibility index (Phi) is 4.17. The smallest absolute Gasteiger partial charge is 0.232 e. The van der Waals surface area contributed by atoms with Crippen molar-refractivity contribution < 1.29 is 14.2 Å². The quantitative estimate of drug-likeness (QED) is 0.919. The van der Waals surface area contributed by atoms with Crippen molar-refractivity contribution in [3.8, 4) is 11.6 Å². The summed E-state index contributed by atoms with van der Waals surface area (Å²) in [7, 11) is 1.57. The Bertz CT molecular complexity index is 612. The van der Waals surface area contributed by atoms with Gasteiger partial charge >= 0.3 is 0 Å². The summed E-state index contributed by atoms with van der Waals surface area (Å²) in [5.74, 6) is 1.16. The molecule has 2 aromatic rings. The number of hydrogen-bond donors (Lipinski definition) is 1. The molecule has 2 heterocycles. The Morgan fingerprint density at radius 2 is 2.29 bits per heavy atom. The van der Waals surface area contributed by atoms with Gasteiger partial charge in [0.15, 0.2) is 0 Å². The van der Waals surface area contributed by atoms with Crippen LogP contribution < -0.4 is 15.2 Å². The first kappa shape index (κ1) is 14.0. The third kappa shape index (κ3) is 3.22. The van der Waals surface area contributed by atoms with Crippen LogP contribution in [0.15, 0.2) is 24.4 Å². The van der Waals surface area contributed by atoms with E-state index in [0.717, 1.165) is 18.4 Å². The lowest BCUT2D eigenvalue weighted by atomic mass is 10.1. The van der Waals surface area contributed by atoms with Crippen LogP contribution in [0.5, 0.6) is 11.6 Å². The molecule has 2 N–H and O–H groups in total. The van der Waals surface area contributed by atoms with E-state index < -0.39 is 0 Å². The summed E-state index contributed by atoms with van der Waals surface area (Å²) in [4.78, 5) is 8.70. The van der Waals surface area contributed by atoms with Gasteiger partial charge in [-0.1, -0.05) is 6.07 Å². The SMILES string of the molecule is COc1cnc2cccc(OC[C@@H]3CC[C@@H](N)CO3)c2n1. The van der Waals surface area contributed by atoms with Crippen LogP contribution in [0.1, 0.15) is 12.8 Å². The number of benzene rings is 1. The van der Waals surface area contributed by atoms with E-state index in [0.29, 0.717) is 30.4 Å². The summed E-state index contributed by atoms with van der Waals surface area (Å²) < 4.78 is 16.6. The van der Waals surface area contributed by atoms with Crippen LogP contribution in [-0.2, 0) is 4.74 Å². The monoisotopic (exact) mass is 289 g/mol. The molecule has 0 amide bonds. The number of hydrogen-bond acceptors (Lipinski definition) is 6. The van der Waals surface area contributed by atoms with Gasteiger partial charge in [0.2, 0.25) is 5.88 Å². The van der Waals surface area contributed by atoms with Crippen molar-refractivity contribution in [1.82, 2.24) is 9.97 Å². The maximum absolute atomic E-state index is 5.87. The standard InChI is InChI=1S/C15H19N3O3/c1-19-14-7-17-12-3-2-4-13(15(12)18-14)21-9-11-6-5-10(16)8-20-11/h2-4,7,10-11H,5-6,8-9,16H2,1H3/t10-,11+/m1/s1. The van der Waals surface area contributed by atoms with Crippen molar-refractivity contribution in [3.63, 3.8) is 0 Å². The minimum absolute atomic E-state index is 0.0821. The van der Waals surface area contributed by atoms with Gasteiger partial charge in [-0.2, -0.15) is 0 Å². The van der Waals surface area contributed by atoms with Gasteiger partial charge in [0.05, 0.1) is 31.5 Å². The highest BCUT2D eigenvalue weighted by Crippen LogP contribution is 2.25. The molecule has 112 valence electrons. The van der Waals surface area contributed by atoms with Crippen molar-refractivity contribution in [2.24, 2.45) is 5.73 Å². The molecule has 6 heteroatoms. The molecule has 1 saturated heterocycles. The van der Waals surface area contributed by atoms with Crippen LogP contribution in [0.2, 0.25) is 0 Å². The Balaban J connectivity index is 1.74. The zero-order valence-electron chi connectivity index (χ0n) is 12.0. The summed E-state index contributed by atoms with van der Waals surface area (Å²) in [5, 5.41) is 0. The second kappa shape index (κ2) is 6.24. The first-order valence-corrected chi connectivity index (χ1v) is 7.06. The van der Waals surface area contributed by atoms with E-state index in [-0.39, 0.29) is 12.1 Å². The molecule has 21 heavy (non-hydrogen) atoms. The summed E-state index contributed by atoms with van der Waals surface area (Å²) in [5.41, 5.74) is 7.29. The summed E-state index contributed by atoms with van der Waals surface area (Å²) >= 11 is 0. The molecule has 0 unspecified atom stereocenters. The van der Waals surface area contributed by atoms with Crippen LogP contribution >= 0.6 is 0 Å². The number of nitrogens with zero attached hydrogens (tertiary/aromatic N) is 2. The van der Waals surface area contributed by atoms with E-state index >= 15 is 0 Å². The number of ether oxygens (including phenoxy) is 3. The molecule has 1 aliphatic heterocycles. The van der Waals surface area contributed by atoms with Crippen molar-refractivity contribution in [2.75, 3.05) is 20.3 Å². The fraction of sp³-hybridized carbons (Fsp3) is 0.467. The predicted molar refractivity (Wildman–Crippen MR) is 78.5 cm³/mol. The van der Waals surface area contributed by atoms with Crippen molar-refractivity contribution >= 4 is 11.0 Å². The lowest BCUT2D eigenvalue weighted by molar-refractivity contribution is -0.0194. The number of aromatic nitrogens is 2. The highest BCUT2D eigenvalue weighted by Gasteiger charge is 2.20. The number of para-hydroxylation sites is 1. The average molecular weight is 289 g/mol. The van der Waals surface area contributed by atoms with Crippen LogP contribution in [0, 0.1) is 0 Å². The maximum atomic E-state index is 5.87. The third-order valence-electron chi connectivity index (χ3n) is 3.55. The molecule has 0 aliphatic carbocycles. The summed E-state index contributed by atoms with van der Waals surface area (Å²) in [6.45, 7) is 1.09. The van der Waals surface area contributed by atoms with Gasteiger partial charge in [0.1, 0.15) is 17.9 Å². The van der Waals surface area contributed by atoms with E-state index in [1.807, 2.05) is 18.2 Å². The number of rotatable bonds is 4. The highest BCUT2D eigenvalue weighted by molar-refractivity contribution is 5.81. The van der Waals surface area contributed by atoms with Crippen LogP contribution in [0.4, 0.5) is 0 Å². The maximum Gasteiger partial charge on any atom is 0.232 e. The van der Waals surface area contributed by atoms with Gasteiger partial charge in [-0.3, -0.25) is 0 Å². The Morgan fingerprint density at radius 3 is 3.05 bits per heavy atom. The molecule has 1 aromatic heterocycles. The van der Waals surface area contributed by atoms with E-state index in [1.165, 1.54) is 0 Å². The van der Waals surface area contributed by atoms with Crippen LogP contribution in [0.25, 0.3) is 11.0 Å². The number of fused-ring (bicyclic) bond motifs is 1. The van der Waals surface area contributed by atoms with E-state index in [9.17, 15) is 0 Å². The summed E-state index contributed by atoms with van der Waals surface area (Å²) in [6, 6.07) is 5.82. The number of nitrogens with two attached hydrogens (primary N) is 1. The topological polar surface area (TPSA) is 79.5 Å². The van der Waals surface area contributed by atoms with Gasteiger partial charge in [-0.15, -0.1) is 0 Å². The van der Waals surface area contributed by atoms with Gasteiger partial charge in [-0.25, -0.2) is 9.97 Å². The van der Waals surface area contributed by atoms with Gasteiger partial charge in [0.25, 0.3) is 0 Å². The predicted octanol–water partition coefficient (Wildman–Crippen LogP) is 1.52. The van der Waals surface area contributed by atoms with Gasteiger partial charge in [0, 0.05) is 6.04 Å². The van der Waals surface area contributed by atoms with Crippen molar-refractivity contribution in [1.29, 1.82) is 0 Å². The molecule has 0 saturated carbocycles. The molecule has 0 radical (unpaired) electrons. The van der Waals surface area contributed by atoms with Gasteiger partial charge < -0.3 is 19.9 Å². The molecule has 3 rings (SSSR count). The molecule has 2 atom stereocenters. The molecule has 0 bridgehead atoms. The molecule has 6 nitrogen and oxygen atoms in total. The molecular weight excluding hydrogens is 270 g/mol. The van der Waals surface area contributed by atoms with E-state index in [4.69, 9.17) is 19.9 Å². The molecular formula is C15H19N3O3. The average Bonchev–Trinajstić information content (AvgIpc) is 2.54. The zero-order chi connectivity index (χ0) is 14.7. The largest absolute Gasteiger partial charge is 0.489 e. The minimum atomic E-state index is 0.0821. The van der Waals surface area contributed by atoms with Crippen molar-refractivity contribution in [2.45, 2.75) is 25.0 Å². The van der Waals surface area contributed by atoms with Crippen LogP contribution in [-0.4, -0.2) is 42.4 Å². The Morgan fingerprint density at radius 1 is 1.38 bits per heavy atom. The van der Waals surface area contributed by atoms with Crippen LogP contribution in [0.3, 0.4) is 0 Å². The second-order valence-corrected chi connectivity index (χ2v) is 5.14. The molecule has 1 aromatic carbocycles. The normalized spacial score (nSPS) is 22.2. The molecule has 0 spiro atoms. The van der Waals surface area contributed by atoms with Crippen molar-refractivity contribution in [3.05, 3.63) is 24.4 Å². The minimum Gasteiger partial charge on any atom is -0.489 e. The fourth-order valence-electron chi connectivity index (χ4n) is 2.35. The molecule has 1 aliphatic rings. The zero-order valence-corrected chi connectivity index (χ0v) is 12.0. The number of methoxy groups -OCH3 is 1.